The Balaban J connectivity index is 2.27. The van der Waals surface area contributed by atoms with E-state index in [9.17, 15) is 19.6 Å². The number of aromatic amines is 1. The van der Waals surface area contributed by atoms with Crippen molar-refractivity contribution in [1.82, 2.24) is 4.98 Å². The summed E-state index contributed by atoms with van der Waals surface area (Å²) in [6.45, 7) is 5.34. The number of rotatable bonds is 6. The second-order valence-corrected chi connectivity index (χ2v) is 5.89. The van der Waals surface area contributed by atoms with Gasteiger partial charge in [0.05, 0.1) is 17.7 Å². The van der Waals surface area contributed by atoms with Crippen molar-refractivity contribution in [2.45, 2.75) is 20.8 Å². The topological polar surface area (TPSA) is 132 Å². The molecule has 2 rings (SSSR count). The van der Waals surface area contributed by atoms with Gasteiger partial charge < -0.3 is 20.1 Å². The summed E-state index contributed by atoms with van der Waals surface area (Å²) in [6.07, 6.45) is 1.35. The molecule has 0 radical (unpaired) electrons. The van der Waals surface area contributed by atoms with E-state index in [2.05, 4.69) is 10.3 Å². The third kappa shape index (κ3) is 4.45. The van der Waals surface area contributed by atoms with Crippen molar-refractivity contribution in [2.75, 3.05) is 11.9 Å². The number of nitriles is 1. The van der Waals surface area contributed by atoms with Crippen molar-refractivity contribution in [3.8, 4) is 6.07 Å². The number of anilines is 1. The van der Waals surface area contributed by atoms with Gasteiger partial charge in [-0.2, -0.15) is 5.26 Å². The number of aromatic nitrogens is 1. The predicted molar refractivity (Wildman–Crippen MR) is 102 cm³/mol. The Morgan fingerprint density at radius 2 is 1.89 bits per heavy atom. The fourth-order valence-electron chi connectivity index (χ4n) is 2.62. The van der Waals surface area contributed by atoms with Gasteiger partial charge in [-0.3, -0.25) is 4.79 Å². The fourth-order valence-corrected chi connectivity index (χ4v) is 2.62. The zero-order valence-electron chi connectivity index (χ0n) is 15.6. The summed E-state index contributed by atoms with van der Waals surface area (Å²) in [7, 11) is 0. The Labute approximate surface area is 161 Å². The third-order valence-corrected chi connectivity index (χ3v) is 4.00. The van der Waals surface area contributed by atoms with Crippen molar-refractivity contribution >= 4 is 29.6 Å². The van der Waals surface area contributed by atoms with Crippen LogP contribution in [0, 0.1) is 25.2 Å². The third-order valence-electron chi connectivity index (χ3n) is 4.00. The van der Waals surface area contributed by atoms with Crippen LogP contribution in [-0.4, -0.2) is 34.5 Å². The van der Waals surface area contributed by atoms with Gasteiger partial charge in [0.25, 0.3) is 5.91 Å². The number of aromatic carboxylic acids is 1. The Morgan fingerprint density at radius 1 is 1.25 bits per heavy atom. The maximum atomic E-state index is 12.4. The molecule has 0 fully saturated rings. The quantitative estimate of drug-likeness (QED) is 0.400. The lowest BCUT2D eigenvalue weighted by atomic mass is 10.1. The highest BCUT2D eigenvalue weighted by Crippen LogP contribution is 2.21. The van der Waals surface area contributed by atoms with E-state index in [1.54, 1.807) is 20.8 Å². The molecule has 1 amide bonds. The minimum Gasteiger partial charge on any atom is -0.478 e. The molecule has 28 heavy (non-hydrogen) atoms. The van der Waals surface area contributed by atoms with Gasteiger partial charge in [0.1, 0.15) is 11.6 Å². The number of benzene rings is 1. The lowest BCUT2D eigenvalue weighted by molar-refractivity contribution is -0.112. The number of esters is 1. The number of nitrogens with zero attached hydrogens (tertiary/aromatic N) is 1. The number of carboxylic acids is 1. The van der Waals surface area contributed by atoms with Gasteiger partial charge in [0.15, 0.2) is 0 Å². The van der Waals surface area contributed by atoms with Crippen LogP contribution in [0.15, 0.2) is 29.8 Å². The average molecular weight is 381 g/mol. The number of carboxylic acid groups (broad SMARTS) is 1. The van der Waals surface area contributed by atoms with E-state index in [4.69, 9.17) is 9.84 Å². The molecule has 2 aromatic rings. The van der Waals surface area contributed by atoms with Crippen LogP contribution < -0.4 is 5.32 Å². The van der Waals surface area contributed by atoms with Gasteiger partial charge in [-0.1, -0.05) is 0 Å². The highest BCUT2D eigenvalue weighted by molar-refractivity contribution is 6.10. The lowest BCUT2D eigenvalue weighted by Gasteiger charge is -2.05. The number of carbonyl (C=O) groups is 3. The molecule has 0 aliphatic rings. The summed E-state index contributed by atoms with van der Waals surface area (Å²) in [5, 5.41) is 20.8. The molecule has 0 bridgehead atoms. The van der Waals surface area contributed by atoms with Crippen LogP contribution in [0.4, 0.5) is 5.69 Å². The first-order valence-electron chi connectivity index (χ1n) is 8.41. The number of carbonyl (C=O) groups excluding carboxylic acids is 2. The molecular weight excluding hydrogens is 362 g/mol. The molecule has 0 unspecified atom stereocenters. The molecule has 1 aromatic carbocycles. The molecule has 8 heteroatoms. The Bertz CT molecular complexity index is 994. The van der Waals surface area contributed by atoms with Crippen LogP contribution in [0.25, 0.3) is 6.08 Å². The summed E-state index contributed by atoms with van der Waals surface area (Å²) in [6, 6.07) is 7.38. The number of hydrogen-bond donors (Lipinski definition) is 3. The largest absolute Gasteiger partial charge is 0.478 e. The summed E-state index contributed by atoms with van der Waals surface area (Å²) in [5.74, 6) is -2.21. The first kappa shape index (κ1) is 20.5. The average Bonchev–Trinajstić information content (AvgIpc) is 2.93. The van der Waals surface area contributed by atoms with Gasteiger partial charge in [-0.15, -0.1) is 0 Å². The normalized spacial score (nSPS) is 10.9. The first-order chi connectivity index (χ1) is 13.3. The summed E-state index contributed by atoms with van der Waals surface area (Å²) in [4.78, 5) is 38.3. The van der Waals surface area contributed by atoms with Gasteiger partial charge in [0.2, 0.25) is 0 Å². The molecule has 3 N–H and O–H groups in total. The molecule has 0 saturated heterocycles. The van der Waals surface area contributed by atoms with Gasteiger partial charge in [0, 0.05) is 17.1 Å². The van der Waals surface area contributed by atoms with Crippen molar-refractivity contribution in [2.24, 2.45) is 0 Å². The highest BCUT2D eigenvalue weighted by atomic mass is 16.5. The van der Waals surface area contributed by atoms with E-state index >= 15 is 0 Å². The summed E-state index contributed by atoms with van der Waals surface area (Å²) < 4.78 is 5.02. The van der Waals surface area contributed by atoms with Crippen LogP contribution in [0.3, 0.4) is 0 Å². The lowest BCUT2D eigenvalue weighted by Crippen LogP contribution is -2.13. The van der Waals surface area contributed by atoms with Crippen molar-refractivity contribution in [1.29, 1.82) is 5.26 Å². The molecular formula is C20H19N3O5. The molecule has 144 valence electrons. The standard InChI is InChI=1S/C20H19N3O5/c1-4-28-20(27)17-11(2)16(22-12(17)3)9-14(10-21)18(24)23-15-7-5-13(6-8-15)19(25)26/h5-9,22H,4H2,1-3H3,(H,23,24)(H,25,26)/b14-9+. The van der Waals surface area contributed by atoms with E-state index in [0.717, 1.165) is 0 Å². The van der Waals surface area contributed by atoms with Crippen molar-refractivity contribution in [3.05, 3.63) is 57.9 Å². The molecule has 1 aromatic heterocycles. The minimum absolute atomic E-state index is 0.0815. The van der Waals surface area contributed by atoms with Gasteiger partial charge in [-0.25, -0.2) is 9.59 Å². The number of aryl methyl sites for hydroxylation is 1. The predicted octanol–water partition coefficient (Wildman–Crippen LogP) is 3.05. The maximum absolute atomic E-state index is 12.4. The van der Waals surface area contributed by atoms with E-state index in [1.807, 2.05) is 6.07 Å². The number of ether oxygens (including phenoxy) is 1. The van der Waals surface area contributed by atoms with Crippen LogP contribution in [0.1, 0.15) is 44.6 Å². The molecule has 0 atom stereocenters. The smallest absolute Gasteiger partial charge is 0.340 e. The van der Waals surface area contributed by atoms with E-state index in [-0.39, 0.29) is 17.7 Å². The van der Waals surface area contributed by atoms with Gasteiger partial charge >= 0.3 is 11.9 Å². The maximum Gasteiger partial charge on any atom is 0.340 e. The van der Waals surface area contributed by atoms with Crippen molar-refractivity contribution in [3.63, 3.8) is 0 Å². The number of H-pyrrole nitrogens is 1. The van der Waals surface area contributed by atoms with Gasteiger partial charge in [-0.05, 0) is 56.7 Å². The fraction of sp³-hybridized carbons (Fsp3) is 0.200. The number of hydrogen-bond acceptors (Lipinski definition) is 5. The van der Waals surface area contributed by atoms with E-state index < -0.39 is 17.8 Å². The number of nitrogens with one attached hydrogen (secondary N) is 2. The van der Waals surface area contributed by atoms with Crippen LogP contribution >= 0.6 is 0 Å². The van der Waals surface area contributed by atoms with Crippen molar-refractivity contribution < 1.29 is 24.2 Å². The van der Waals surface area contributed by atoms with Crippen LogP contribution in [0.5, 0.6) is 0 Å². The molecule has 8 nitrogen and oxygen atoms in total. The van der Waals surface area contributed by atoms with E-state index in [1.165, 1.54) is 30.3 Å². The van der Waals surface area contributed by atoms with Crippen LogP contribution in [-0.2, 0) is 9.53 Å². The minimum atomic E-state index is -1.08. The second kappa shape index (κ2) is 8.68. The summed E-state index contributed by atoms with van der Waals surface area (Å²) >= 11 is 0. The monoisotopic (exact) mass is 381 g/mol. The van der Waals surface area contributed by atoms with Crippen LogP contribution in [0.2, 0.25) is 0 Å². The molecule has 1 heterocycles. The highest BCUT2D eigenvalue weighted by Gasteiger charge is 2.19. The van der Waals surface area contributed by atoms with E-state index in [0.29, 0.717) is 28.2 Å². The Morgan fingerprint density at radius 3 is 2.43 bits per heavy atom. The Kier molecular flexibility index (Phi) is 6.34. The second-order valence-electron chi connectivity index (χ2n) is 5.89. The molecule has 0 saturated carbocycles. The number of amides is 1. The molecule has 0 spiro atoms. The summed E-state index contributed by atoms with van der Waals surface area (Å²) in [5.41, 5.74) is 2.22. The zero-order valence-corrected chi connectivity index (χ0v) is 15.6. The molecule has 0 aliphatic carbocycles. The SMILES string of the molecule is CCOC(=O)c1c(C)[nH]c(/C=C(\C#N)C(=O)Nc2ccc(C(=O)O)cc2)c1C. The zero-order chi connectivity index (χ0) is 20.8. The first-order valence-corrected chi connectivity index (χ1v) is 8.41. The molecule has 0 aliphatic heterocycles. The Hall–Kier alpha value is -3.86.